The van der Waals surface area contributed by atoms with Crippen molar-refractivity contribution in [1.29, 1.82) is 0 Å². The van der Waals surface area contributed by atoms with E-state index >= 15 is 0 Å². The first-order chi connectivity index (χ1) is 12.9. The number of carbonyl (C=O) groups is 1. The summed E-state index contributed by atoms with van der Waals surface area (Å²) >= 11 is 0. The molecular weight excluding hydrogens is 359 g/mol. The molecular formula is C18H19FN2O6. The van der Waals surface area contributed by atoms with Gasteiger partial charge in [-0.2, -0.15) is 0 Å². The quantitative estimate of drug-likeness (QED) is 0.560. The van der Waals surface area contributed by atoms with E-state index in [0.717, 1.165) is 6.07 Å². The Kier molecular flexibility index (Phi) is 6.67. The van der Waals surface area contributed by atoms with Gasteiger partial charge in [-0.3, -0.25) is 14.9 Å². The zero-order chi connectivity index (χ0) is 20.0. The first-order valence-electron chi connectivity index (χ1n) is 7.88. The van der Waals surface area contributed by atoms with Crippen molar-refractivity contribution in [2.75, 3.05) is 27.9 Å². The molecule has 2 rings (SSSR count). The molecule has 1 atom stereocenters. The molecule has 0 aliphatic heterocycles. The number of nitrogens with one attached hydrogen (secondary N) is 1. The van der Waals surface area contributed by atoms with Gasteiger partial charge in [-0.25, -0.2) is 4.39 Å². The lowest BCUT2D eigenvalue weighted by Crippen LogP contribution is -2.29. The number of methoxy groups -OCH3 is 3. The number of rotatable bonds is 8. The molecule has 0 aliphatic carbocycles. The molecule has 0 aromatic heterocycles. The molecule has 0 heterocycles. The van der Waals surface area contributed by atoms with Crippen LogP contribution in [0.3, 0.4) is 0 Å². The highest BCUT2D eigenvalue weighted by atomic mass is 19.1. The smallest absolute Gasteiger partial charge is 0.286 e. The number of nitrogens with zero attached hydrogens (tertiary/aromatic N) is 1. The first kappa shape index (κ1) is 20.1. The predicted molar refractivity (Wildman–Crippen MR) is 94.7 cm³/mol. The van der Waals surface area contributed by atoms with Gasteiger partial charge < -0.3 is 19.5 Å². The molecule has 0 spiro atoms. The number of hydrogen-bond acceptors (Lipinski definition) is 6. The van der Waals surface area contributed by atoms with Crippen LogP contribution in [0.15, 0.2) is 36.4 Å². The minimum Gasteiger partial charge on any atom is -0.493 e. The van der Waals surface area contributed by atoms with Crippen LogP contribution in [0, 0.1) is 15.9 Å². The summed E-state index contributed by atoms with van der Waals surface area (Å²) in [5.41, 5.74) is -0.0868. The van der Waals surface area contributed by atoms with E-state index in [1.165, 1.54) is 45.6 Å². The molecule has 0 saturated carbocycles. The van der Waals surface area contributed by atoms with E-state index in [0.29, 0.717) is 5.56 Å². The van der Waals surface area contributed by atoms with Crippen LogP contribution in [0.5, 0.6) is 11.5 Å². The Hall–Kier alpha value is -3.20. The number of hydrogen-bond donors (Lipinski definition) is 1. The molecule has 0 fully saturated rings. The van der Waals surface area contributed by atoms with Gasteiger partial charge in [0, 0.05) is 19.7 Å². The summed E-state index contributed by atoms with van der Waals surface area (Å²) in [5, 5.41) is 13.9. The first-order valence-corrected chi connectivity index (χ1v) is 7.88. The third-order valence-corrected chi connectivity index (χ3v) is 3.90. The topological polar surface area (TPSA) is 99.9 Å². The van der Waals surface area contributed by atoms with E-state index in [4.69, 9.17) is 14.2 Å². The summed E-state index contributed by atoms with van der Waals surface area (Å²) in [6.45, 7) is -0.00964. The van der Waals surface area contributed by atoms with Crippen molar-refractivity contribution in [2.45, 2.75) is 6.10 Å². The second kappa shape index (κ2) is 8.95. The van der Waals surface area contributed by atoms with E-state index in [-0.39, 0.29) is 23.6 Å². The number of carbonyl (C=O) groups excluding carboxylic acids is 1. The third kappa shape index (κ3) is 4.70. The zero-order valence-electron chi connectivity index (χ0n) is 15.0. The highest BCUT2D eigenvalue weighted by molar-refractivity contribution is 5.99. The molecule has 1 N–H and O–H groups in total. The van der Waals surface area contributed by atoms with Gasteiger partial charge in [0.1, 0.15) is 11.4 Å². The minimum atomic E-state index is -0.693. The summed E-state index contributed by atoms with van der Waals surface area (Å²) in [6.07, 6.45) is -0.621. The monoisotopic (exact) mass is 378 g/mol. The minimum absolute atomic E-state index is 0.00964. The Balaban J connectivity index is 2.25. The molecule has 27 heavy (non-hydrogen) atoms. The van der Waals surface area contributed by atoms with Crippen LogP contribution < -0.4 is 14.8 Å². The van der Waals surface area contributed by atoms with E-state index in [9.17, 15) is 19.3 Å². The van der Waals surface area contributed by atoms with Gasteiger partial charge in [-0.1, -0.05) is 12.1 Å². The van der Waals surface area contributed by atoms with Crippen LogP contribution in [-0.4, -0.2) is 38.7 Å². The fraction of sp³-hybridized carbons (Fsp3) is 0.278. The average molecular weight is 378 g/mol. The number of nitro benzene ring substituents is 1. The average Bonchev–Trinajstić information content (AvgIpc) is 2.67. The predicted octanol–water partition coefficient (Wildman–Crippen LogP) is 2.87. The van der Waals surface area contributed by atoms with Gasteiger partial charge >= 0.3 is 0 Å². The summed E-state index contributed by atoms with van der Waals surface area (Å²) in [6, 6.07) is 8.12. The lowest BCUT2D eigenvalue weighted by Gasteiger charge is -2.17. The molecule has 9 heteroatoms. The molecule has 0 saturated heterocycles. The molecule has 2 aromatic rings. The Morgan fingerprint density at radius 2 is 1.85 bits per heavy atom. The normalized spacial score (nSPS) is 11.6. The summed E-state index contributed by atoms with van der Waals surface area (Å²) < 4.78 is 28.8. The highest BCUT2D eigenvalue weighted by Gasteiger charge is 2.25. The Morgan fingerprint density at radius 3 is 2.41 bits per heavy atom. The molecule has 0 aliphatic rings. The second-order valence-electron chi connectivity index (χ2n) is 5.47. The van der Waals surface area contributed by atoms with Crippen LogP contribution >= 0.6 is 0 Å². The molecule has 0 bridgehead atoms. The van der Waals surface area contributed by atoms with Gasteiger partial charge in [-0.05, 0) is 17.7 Å². The van der Waals surface area contributed by atoms with Crippen LogP contribution in [-0.2, 0) is 4.74 Å². The Labute approximate surface area is 155 Å². The number of amides is 1. The van der Waals surface area contributed by atoms with Gasteiger partial charge in [0.15, 0.2) is 11.5 Å². The lowest BCUT2D eigenvalue weighted by molar-refractivity contribution is -0.385. The maximum atomic E-state index is 13.4. The van der Waals surface area contributed by atoms with Crippen molar-refractivity contribution < 1.29 is 28.3 Å². The summed E-state index contributed by atoms with van der Waals surface area (Å²) in [7, 11) is 4.11. The molecule has 1 amide bonds. The molecule has 1 unspecified atom stereocenters. The van der Waals surface area contributed by atoms with Crippen molar-refractivity contribution >= 4 is 11.6 Å². The third-order valence-electron chi connectivity index (χ3n) is 3.90. The molecule has 2 aromatic carbocycles. The van der Waals surface area contributed by atoms with Crippen LogP contribution in [0.2, 0.25) is 0 Å². The number of ether oxygens (including phenoxy) is 3. The fourth-order valence-corrected chi connectivity index (χ4v) is 2.53. The van der Waals surface area contributed by atoms with Crippen molar-refractivity contribution in [3.05, 3.63) is 63.5 Å². The second-order valence-corrected chi connectivity index (χ2v) is 5.47. The fourth-order valence-electron chi connectivity index (χ4n) is 2.53. The lowest BCUT2D eigenvalue weighted by atomic mass is 10.1. The van der Waals surface area contributed by atoms with Crippen LogP contribution in [0.1, 0.15) is 22.0 Å². The van der Waals surface area contributed by atoms with E-state index in [1.54, 1.807) is 6.07 Å². The largest absolute Gasteiger partial charge is 0.493 e. The standard InChI is InChI=1S/C18H19FN2O6/c1-25-15-8-13(14(21(23)24)9-16(15)26-2)18(22)20-10-17(27-3)11-5-4-6-12(19)7-11/h4-9,17H,10H2,1-3H3,(H,20,22). The summed E-state index contributed by atoms with van der Waals surface area (Å²) in [4.78, 5) is 23.1. The highest BCUT2D eigenvalue weighted by Crippen LogP contribution is 2.34. The van der Waals surface area contributed by atoms with Crippen molar-refractivity contribution in [3.63, 3.8) is 0 Å². The number of nitro groups is 1. The van der Waals surface area contributed by atoms with Crippen molar-refractivity contribution in [3.8, 4) is 11.5 Å². The Morgan fingerprint density at radius 1 is 1.19 bits per heavy atom. The summed E-state index contributed by atoms with van der Waals surface area (Å²) in [5.74, 6) is -0.811. The number of benzene rings is 2. The maximum absolute atomic E-state index is 13.4. The van der Waals surface area contributed by atoms with Crippen molar-refractivity contribution in [2.24, 2.45) is 0 Å². The maximum Gasteiger partial charge on any atom is 0.286 e. The van der Waals surface area contributed by atoms with Gasteiger partial charge in [0.2, 0.25) is 0 Å². The van der Waals surface area contributed by atoms with E-state index in [1.807, 2.05) is 0 Å². The SMILES string of the molecule is COc1cc(C(=O)NCC(OC)c2cccc(F)c2)c([N+](=O)[O-])cc1OC. The van der Waals surface area contributed by atoms with Gasteiger partial charge in [0.05, 0.1) is 31.3 Å². The van der Waals surface area contributed by atoms with E-state index < -0.39 is 28.4 Å². The van der Waals surface area contributed by atoms with Crippen LogP contribution in [0.25, 0.3) is 0 Å². The van der Waals surface area contributed by atoms with Crippen molar-refractivity contribution in [1.82, 2.24) is 5.32 Å². The Bertz CT molecular complexity index is 843. The molecule has 0 radical (unpaired) electrons. The van der Waals surface area contributed by atoms with Crippen LogP contribution in [0.4, 0.5) is 10.1 Å². The zero-order valence-corrected chi connectivity index (χ0v) is 15.0. The van der Waals surface area contributed by atoms with Gasteiger partial charge in [-0.15, -0.1) is 0 Å². The number of halogens is 1. The molecule has 8 nitrogen and oxygen atoms in total. The molecule has 144 valence electrons. The van der Waals surface area contributed by atoms with E-state index in [2.05, 4.69) is 5.32 Å². The van der Waals surface area contributed by atoms with Gasteiger partial charge in [0.25, 0.3) is 11.6 Å².